The topological polar surface area (TPSA) is 73.9 Å². The average Bonchev–Trinajstić information content (AvgIpc) is 2.53. The number of hydrogen-bond donors (Lipinski definition) is 1. The van der Waals surface area contributed by atoms with Crippen LogP contribution in [0.2, 0.25) is 0 Å². The van der Waals surface area contributed by atoms with Crippen LogP contribution in [0.4, 0.5) is 4.79 Å². The Bertz CT molecular complexity index is 636. The number of methoxy groups -OCH3 is 1. The summed E-state index contributed by atoms with van der Waals surface area (Å²) in [7, 11) is 1.62. The summed E-state index contributed by atoms with van der Waals surface area (Å²) in [5.41, 5.74) is 0.358. The highest BCUT2D eigenvalue weighted by Gasteiger charge is 2.30. The quantitative estimate of drug-likeness (QED) is 0.716. The lowest BCUT2D eigenvalue weighted by atomic mass is 9.84. The third-order valence-corrected chi connectivity index (χ3v) is 4.11. The second-order valence-corrected chi connectivity index (χ2v) is 8.02. The number of para-hydroxylation sites is 1. The second kappa shape index (κ2) is 9.62. The lowest BCUT2D eigenvalue weighted by molar-refractivity contribution is -0.152. The van der Waals surface area contributed by atoms with Crippen molar-refractivity contribution in [2.24, 2.45) is 5.92 Å². The van der Waals surface area contributed by atoms with Gasteiger partial charge in [0.15, 0.2) is 0 Å². The monoisotopic (exact) mass is 379 g/mol. The molecule has 0 bridgehead atoms. The van der Waals surface area contributed by atoms with Crippen molar-refractivity contribution in [3.05, 3.63) is 29.8 Å². The van der Waals surface area contributed by atoms with E-state index in [2.05, 4.69) is 19.2 Å². The summed E-state index contributed by atoms with van der Waals surface area (Å²) in [6.07, 6.45) is -1.04. The van der Waals surface area contributed by atoms with E-state index in [1.54, 1.807) is 34.8 Å². The smallest absolute Gasteiger partial charge is 0.408 e. The fourth-order valence-corrected chi connectivity index (χ4v) is 3.00. The molecule has 1 N–H and O–H groups in total. The van der Waals surface area contributed by atoms with Gasteiger partial charge in [-0.15, -0.1) is 0 Å². The van der Waals surface area contributed by atoms with Gasteiger partial charge in [-0.1, -0.05) is 32.0 Å². The van der Waals surface area contributed by atoms with E-state index in [9.17, 15) is 9.59 Å². The Balaban J connectivity index is 2.82. The van der Waals surface area contributed by atoms with Crippen LogP contribution in [0.15, 0.2) is 24.3 Å². The second-order valence-electron chi connectivity index (χ2n) is 8.02. The Labute approximate surface area is 162 Å². The van der Waals surface area contributed by atoms with Gasteiger partial charge in [-0.3, -0.25) is 0 Å². The maximum absolute atomic E-state index is 12.4. The molecule has 0 aliphatic carbocycles. The molecule has 1 rings (SSSR count). The van der Waals surface area contributed by atoms with Crippen molar-refractivity contribution in [3.63, 3.8) is 0 Å². The number of carbonyl (C=O) groups is 2. The standard InChI is InChI=1S/C21H33NO5/c1-13(2)18(16-11-9-10-12-17(16)25-8)15(4)26-19(23)14(3)22-20(24)27-21(5,6)7/h9-15,18H,1-8H3,(H,22,24)/t14-,15-,18+/m0/s1. The van der Waals surface area contributed by atoms with Crippen LogP contribution in [0, 0.1) is 5.92 Å². The van der Waals surface area contributed by atoms with Gasteiger partial charge < -0.3 is 19.5 Å². The van der Waals surface area contributed by atoms with Crippen LogP contribution in [0.25, 0.3) is 0 Å². The summed E-state index contributed by atoms with van der Waals surface area (Å²) in [5.74, 6) is 0.435. The minimum absolute atomic E-state index is 0.0428. The lowest BCUT2D eigenvalue weighted by Gasteiger charge is -2.30. The van der Waals surface area contributed by atoms with Crippen molar-refractivity contribution >= 4 is 12.1 Å². The molecule has 0 unspecified atom stereocenters. The number of esters is 1. The molecule has 6 nitrogen and oxygen atoms in total. The number of alkyl carbamates (subject to hydrolysis) is 1. The highest BCUT2D eigenvalue weighted by Crippen LogP contribution is 2.35. The van der Waals surface area contributed by atoms with Gasteiger partial charge in [-0.2, -0.15) is 0 Å². The number of benzene rings is 1. The van der Waals surface area contributed by atoms with Crippen LogP contribution in [0.3, 0.4) is 0 Å². The van der Waals surface area contributed by atoms with Crippen LogP contribution in [0.5, 0.6) is 5.75 Å². The molecule has 1 amide bonds. The molecule has 0 fully saturated rings. The number of ether oxygens (including phenoxy) is 3. The van der Waals surface area contributed by atoms with E-state index >= 15 is 0 Å². The van der Waals surface area contributed by atoms with Gasteiger partial charge >= 0.3 is 12.1 Å². The number of amides is 1. The first-order chi connectivity index (χ1) is 12.5. The van der Waals surface area contributed by atoms with E-state index < -0.39 is 29.8 Å². The van der Waals surface area contributed by atoms with Gasteiger partial charge in [0.2, 0.25) is 0 Å². The van der Waals surface area contributed by atoms with Gasteiger partial charge in [0.05, 0.1) is 7.11 Å². The highest BCUT2D eigenvalue weighted by atomic mass is 16.6. The van der Waals surface area contributed by atoms with E-state index in [-0.39, 0.29) is 11.8 Å². The molecule has 0 saturated heterocycles. The van der Waals surface area contributed by atoms with Crippen LogP contribution in [-0.2, 0) is 14.3 Å². The minimum atomic E-state index is -0.812. The van der Waals surface area contributed by atoms with Crippen LogP contribution in [-0.4, -0.2) is 36.9 Å². The molecule has 1 aromatic carbocycles. The van der Waals surface area contributed by atoms with E-state index in [0.717, 1.165) is 11.3 Å². The van der Waals surface area contributed by atoms with Crippen molar-refractivity contribution in [1.82, 2.24) is 5.32 Å². The van der Waals surface area contributed by atoms with Gasteiger partial charge in [-0.25, -0.2) is 9.59 Å². The fourth-order valence-electron chi connectivity index (χ4n) is 3.00. The highest BCUT2D eigenvalue weighted by molar-refractivity contribution is 5.81. The van der Waals surface area contributed by atoms with E-state index in [1.807, 2.05) is 31.2 Å². The summed E-state index contributed by atoms with van der Waals surface area (Å²) >= 11 is 0. The predicted octanol–water partition coefficient (Wildman–Crippen LogP) is 4.28. The summed E-state index contributed by atoms with van der Waals surface area (Å²) < 4.78 is 16.3. The normalized spacial score (nSPS) is 14.9. The summed E-state index contributed by atoms with van der Waals surface area (Å²) in [6.45, 7) is 12.9. The average molecular weight is 379 g/mol. The van der Waals surface area contributed by atoms with Crippen molar-refractivity contribution < 1.29 is 23.8 Å². The molecular formula is C21H33NO5. The summed E-state index contributed by atoms with van der Waals surface area (Å²) in [4.78, 5) is 24.3. The van der Waals surface area contributed by atoms with Crippen molar-refractivity contribution in [2.75, 3.05) is 7.11 Å². The zero-order valence-corrected chi connectivity index (χ0v) is 17.7. The SMILES string of the molecule is COc1ccccc1[C@H](C(C)C)[C@H](C)OC(=O)[C@H](C)NC(=O)OC(C)(C)C. The van der Waals surface area contributed by atoms with E-state index in [1.165, 1.54) is 0 Å². The first kappa shape index (κ1) is 22.8. The van der Waals surface area contributed by atoms with Gasteiger partial charge in [0.25, 0.3) is 0 Å². The maximum atomic E-state index is 12.4. The fraction of sp³-hybridized carbons (Fsp3) is 0.619. The van der Waals surface area contributed by atoms with E-state index in [4.69, 9.17) is 14.2 Å². The van der Waals surface area contributed by atoms with E-state index in [0.29, 0.717) is 0 Å². The lowest BCUT2D eigenvalue weighted by Crippen LogP contribution is -2.43. The maximum Gasteiger partial charge on any atom is 0.408 e. The Morgan fingerprint density at radius 2 is 1.63 bits per heavy atom. The van der Waals surface area contributed by atoms with Crippen LogP contribution >= 0.6 is 0 Å². The van der Waals surface area contributed by atoms with Crippen molar-refractivity contribution in [3.8, 4) is 5.75 Å². The molecule has 0 saturated carbocycles. The molecule has 27 heavy (non-hydrogen) atoms. The molecule has 152 valence electrons. The Morgan fingerprint density at radius 3 is 2.15 bits per heavy atom. The van der Waals surface area contributed by atoms with Crippen molar-refractivity contribution in [2.45, 2.75) is 72.1 Å². The number of hydrogen-bond acceptors (Lipinski definition) is 5. The third kappa shape index (κ3) is 7.12. The van der Waals surface area contributed by atoms with Gasteiger partial charge in [0.1, 0.15) is 23.5 Å². The zero-order chi connectivity index (χ0) is 20.8. The Morgan fingerprint density at radius 1 is 1.04 bits per heavy atom. The Hall–Kier alpha value is -2.24. The molecule has 6 heteroatoms. The number of nitrogens with one attached hydrogen (secondary N) is 1. The molecule has 0 heterocycles. The molecular weight excluding hydrogens is 346 g/mol. The first-order valence-electron chi connectivity index (χ1n) is 9.29. The largest absolute Gasteiger partial charge is 0.496 e. The summed E-state index contributed by atoms with van der Waals surface area (Å²) in [6, 6.07) is 6.91. The minimum Gasteiger partial charge on any atom is -0.496 e. The van der Waals surface area contributed by atoms with Gasteiger partial charge in [-0.05, 0) is 46.6 Å². The molecule has 0 aliphatic heterocycles. The number of rotatable bonds is 7. The predicted molar refractivity (Wildman–Crippen MR) is 105 cm³/mol. The zero-order valence-electron chi connectivity index (χ0n) is 17.7. The van der Waals surface area contributed by atoms with Crippen LogP contribution < -0.4 is 10.1 Å². The van der Waals surface area contributed by atoms with Crippen molar-refractivity contribution in [1.29, 1.82) is 0 Å². The molecule has 0 aliphatic rings. The number of carbonyl (C=O) groups excluding carboxylic acids is 2. The molecule has 1 aromatic rings. The Kier molecular flexibility index (Phi) is 8.13. The molecule has 0 aromatic heterocycles. The molecule has 0 spiro atoms. The van der Waals surface area contributed by atoms with Crippen LogP contribution in [0.1, 0.15) is 59.9 Å². The van der Waals surface area contributed by atoms with Gasteiger partial charge in [0, 0.05) is 11.5 Å². The first-order valence-corrected chi connectivity index (χ1v) is 9.29. The molecule has 3 atom stereocenters. The third-order valence-electron chi connectivity index (χ3n) is 4.11. The molecule has 0 radical (unpaired) electrons. The summed E-state index contributed by atoms with van der Waals surface area (Å²) in [5, 5.41) is 2.51.